The number of ether oxygens (including phenoxy) is 3. The first-order valence-electron chi connectivity index (χ1n) is 7.42. The highest BCUT2D eigenvalue weighted by molar-refractivity contribution is 5.53. The fraction of sp³-hybridized carbons (Fsp3) is 0.333. The van der Waals surface area contributed by atoms with E-state index in [1.165, 1.54) is 0 Å². The van der Waals surface area contributed by atoms with Gasteiger partial charge in [-0.15, -0.1) is 0 Å². The summed E-state index contributed by atoms with van der Waals surface area (Å²) in [6, 6.07) is 10.7. The van der Waals surface area contributed by atoms with Crippen molar-refractivity contribution in [2.75, 3.05) is 21.3 Å². The number of methoxy groups -OCH3 is 3. The molecule has 5 heteroatoms. The second-order valence-electron chi connectivity index (χ2n) is 5.27. The summed E-state index contributed by atoms with van der Waals surface area (Å²) in [7, 11) is 4.77. The van der Waals surface area contributed by atoms with Crippen LogP contribution in [0.2, 0.25) is 0 Å². The minimum Gasteiger partial charge on any atom is -0.508 e. The molecule has 0 amide bonds. The predicted octanol–water partition coefficient (Wildman–Crippen LogP) is 3.05. The van der Waals surface area contributed by atoms with Crippen molar-refractivity contribution >= 4 is 0 Å². The Hall–Kier alpha value is -2.40. The Kier molecular flexibility index (Phi) is 5.71. The number of nitrogens with two attached hydrogens (primary N) is 1. The first kappa shape index (κ1) is 17.0. The Bertz CT molecular complexity index is 632. The van der Waals surface area contributed by atoms with E-state index in [-0.39, 0.29) is 11.8 Å². The maximum absolute atomic E-state index is 9.54. The molecule has 5 nitrogen and oxygen atoms in total. The van der Waals surface area contributed by atoms with Gasteiger partial charge in [-0.3, -0.25) is 0 Å². The van der Waals surface area contributed by atoms with Crippen molar-refractivity contribution in [2.45, 2.75) is 18.9 Å². The minimum absolute atomic E-state index is 0.152. The number of benzene rings is 2. The number of rotatable bonds is 7. The highest BCUT2D eigenvalue weighted by atomic mass is 16.5. The fourth-order valence-corrected chi connectivity index (χ4v) is 2.52. The smallest absolute Gasteiger partial charge is 0.203 e. The second kappa shape index (κ2) is 7.74. The van der Waals surface area contributed by atoms with E-state index >= 15 is 0 Å². The Balaban J connectivity index is 2.14. The lowest BCUT2D eigenvalue weighted by Crippen LogP contribution is -2.11. The first-order chi connectivity index (χ1) is 11.1. The molecule has 0 aliphatic rings. The van der Waals surface area contributed by atoms with Gasteiger partial charge in [0.05, 0.1) is 21.3 Å². The SMILES string of the molecule is COc1cc(CC[C@H](N)c2cccc(O)c2)cc(OC)c1OC. The zero-order valence-corrected chi connectivity index (χ0v) is 13.7. The molecule has 0 aliphatic carbocycles. The van der Waals surface area contributed by atoms with Gasteiger partial charge in [0.1, 0.15) is 5.75 Å². The Morgan fingerprint density at radius 1 is 1.00 bits per heavy atom. The first-order valence-corrected chi connectivity index (χ1v) is 7.42. The van der Waals surface area contributed by atoms with Crippen molar-refractivity contribution in [3.05, 3.63) is 47.5 Å². The van der Waals surface area contributed by atoms with Gasteiger partial charge in [-0.2, -0.15) is 0 Å². The third-order valence-electron chi connectivity index (χ3n) is 3.77. The van der Waals surface area contributed by atoms with Gasteiger partial charge in [0, 0.05) is 6.04 Å². The maximum Gasteiger partial charge on any atom is 0.203 e. The lowest BCUT2D eigenvalue weighted by Gasteiger charge is -2.16. The topological polar surface area (TPSA) is 73.9 Å². The summed E-state index contributed by atoms with van der Waals surface area (Å²) in [4.78, 5) is 0. The van der Waals surface area contributed by atoms with Crippen LogP contribution in [0.3, 0.4) is 0 Å². The molecule has 124 valence electrons. The third kappa shape index (κ3) is 4.07. The van der Waals surface area contributed by atoms with Crippen LogP contribution in [0, 0.1) is 0 Å². The quantitative estimate of drug-likeness (QED) is 0.821. The molecular formula is C18H23NO4. The molecule has 3 N–H and O–H groups in total. The Morgan fingerprint density at radius 2 is 1.65 bits per heavy atom. The van der Waals surface area contributed by atoms with Gasteiger partial charge in [0.2, 0.25) is 5.75 Å². The Morgan fingerprint density at radius 3 is 2.17 bits per heavy atom. The average Bonchev–Trinajstić information content (AvgIpc) is 2.58. The third-order valence-corrected chi connectivity index (χ3v) is 3.77. The van der Waals surface area contributed by atoms with Crippen LogP contribution in [0.5, 0.6) is 23.0 Å². The van der Waals surface area contributed by atoms with E-state index in [0.717, 1.165) is 24.0 Å². The molecule has 1 atom stereocenters. The van der Waals surface area contributed by atoms with Crippen molar-refractivity contribution in [3.63, 3.8) is 0 Å². The molecule has 0 fully saturated rings. The number of hydrogen-bond acceptors (Lipinski definition) is 5. The van der Waals surface area contributed by atoms with Crippen LogP contribution in [0.15, 0.2) is 36.4 Å². The molecule has 0 saturated carbocycles. The Labute approximate surface area is 136 Å². The summed E-state index contributed by atoms with van der Waals surface area (Å²) in [6.45, 7) is 0. The molecule has 2 rings (SSSR count). The molecule has 23 heavy (non-hydrogen) atoms. The van der Waals surface area contributed by atoms with Gasteiger partial charge in [0.15, 0.2) is 11.5 Å². The van der Waals surface area contributed by atoms with E-state index in [9.17, 15) is 5.11 Å². The van der Waals surface area contributed by atoms with Crippen LogP contribution in [0.25, 0.3) is 0 Å². The number of phenols is 1. The molecule has 0 heterocycles. The van der Waals surface area contributed by atoms with Crippen LogP contribution in [-0.4, -0.2) is 26.4 Å². The zero-order valence-electron chi connectivity index (χ0n) is 13.7. The predicted molar refractivity (Wildman–Crippen MR) is 89.5 cm³/mol. The highest BCUT2D eigenvalue weighted by Crippen LogP contribution is 2.38. The number of phenolic OH excluding ortho intramolecular Hbond substituents is 1. The van der Waals surface area contributed by atoms with E-state index in [0.29, 0.717) is 17.2 Å². The molecule has 0 unspecified atom stereocenters. The van der Waals surface area contributed by atoms with Gasteiger partial charge in [-0.1, -0.05) is 12.1 Å². The van der Waals surface area contributed by atoms with Gasteiger partial charge < -0.3 is 25.1 Å². The van der Waals surface area contributed by atoms with E-state index in [2.05, 4.69) is 0 Å². The largest absolute Gasteiger partial charge is 0.508 e. The van der Waals surface area contributed by atoms with E-state index < -0.39 is 0 Å². The maximum atomic E-state index is 9.54. The molecule has 2 aromatic carbocycles. The van der Waals surface area contributed by atoms with Crippen LogP contribution >= 0.6 is 0 Å². The molecule has 0 radical (unpaired) electrons. The van der Waals surface area contributed by atoms with Crippen LogP contribution < -0.4 is 19.9 Å². The molecule has 2 aromatic rings. The highest BCUT2D eigenvalue weighted by Gasteiger charge is 2.14. The lowest BCUT2D eigenvalue weighted by molar-refractivity contribution is 0.323. The number of aromatic hydroxyl groups is 1. The van der Waals surface area contributed by atoms with Crippen molar-refractivity contribution < 1.29 is 19.3 Å². The average molecular weight is 317 g/mol. The van der Waals surface area contributed by atoms with E-state index in [1.807, 2.05) is 18.2 Å². The molecule has 0 saturated heterocycles. The van der Waals surface area contributed by atoms with Crippen molar-refractivity contribution in [1.82, 2.24) is 0 Å². The summed E-state index contributed by atoms with van der Waals surface area (Å²) in [5.74, 6) is 2.07. The van der Waals surface area contributed by atoms with Gasteiger partial charge in [-0.25, -0.2) is 0 Å². The second-order valence-corrected chi connectivity index (χ2v) is 5.27. The standard InChI is InChI=1S/C18H23NO4/c1-21-16-9-12(10-17(22-2)18(16)23-3)7-8-15(19)13-5-4-6-14(20)11-13/h4-6,9-11,15,20H,7-8,19H2,1-3H3/t15-/m0/s1. The van der Waals surface area contributed by atoms with Crippen molar-refractivity contribution in [1.29, 1.82) is 0 Å². The van der Waals surface area contributed by atoms with Crippen molar-refractivity contribution in [2.24, 2.45) is 5.73 Å². The summed E-state index contributed by atoms with van der Waals surface area (Å²) < 4.78 is 16.0. The monoisotopic (exact) mass is 317 g/mol. The van der Waals surface area contributed by atoms with Crippen LogP contribution in [0.1, 0.15) is 23.6 Å². The summed E-state index contributed by atoms with van der Waals surface area (Å²) >= 11 is 0. The molecule has 0 spiro atoms. The minimum atomic E-state index is -0.152. The van der Waals surface area contributed by atoms with Gasteiger partial charge in [-0.05, 0) is 48.2 Å². The summed E-state index contributed by atoms with van der Waals surface area (Å²) in [5.41, 5.74) is 8.18. The van der Waals surface area contributed by atoms with E-state index in [1.54, 1.807) is 39.5 Å². The lowest BCUT2D eigenvalue weighted by atomic mass is 9.99. The van der Waals surface area contributed by atoms with E-state index in [4.69, 9.17) is 19.9 Å². The van der Waals surface area contributed by atoms with Crippen LogP contribution in [-0.2, 0) is 6.42 Å². The summed E-state index contributed by atoms with van der Waals surface area (Å²) in [5, 5.41) is 9.54. The molecule has 0 bridgehead atoms. The van der Waals surface area contributed by atoms with Crippen molar-refractivity contribution in [3.8, 4) is 23.0 Å². The molecule has 0 aromatic heterocycles. The summed E-state index contributed by atoms with van der Waals surface area (Å²) in [6.07, 6.45) is 1.50. The van der Waals surface area contributed by atoms with Gasteiger partial charge in [0.25, 0.3) is 0 Å². The normalized spacial score (nSPS) is 11.8. The van der Waals surface area contributed by atoms with Crippen LogP contribution in [0.4, 0.5) is 0 Å². The molecule has 0 aliphatic heterocycles. The number of aryl methyl sites for hydroxylation is 1. The molecular weight excluding hydrogens is 294 g/mol. The fourth-order valence-electron chi connectivity index (χ4n) is 2.52. The number of hydrogen-bond donors (Lipinski definition) is 2. The van der Waals surface area contributed by atoms with Gasteiger partial charge >= 0.3 is 0 Å². The zero-order chi connectivity index (χ0) is 16.8.